The molecule has 11 heteroatoms. The number of benzene rings is 1. The maximum Gasteiger partial charge on any atom is 0.416 e. The van der Waals surface area contributed by atoms with Crippen LogP contribution in [0.2, 0.25) is 0 Å². The molecule has 0 unspecified atom stereocenters. The summed E-state index contributed by atoms with van der Waals surface area (Å²) in [5.41, 5.74) is 1.27. The third-order valence-corrected chi connectivity index (χ3v) is 5.91. The summed E-state index contributed by atoms with van der Waals surface area (Å²) < 4.78 is 51.8. The molecule has 178 valence electrons. The van der Waals surface area contributed by atoms with Gasteiger partial charge in [-0.3, -0.25) is 9.69 Å². The van der Waals surface area contributed by atoms with Gasteiger partial charge in [-0.2, -0.15) is 23.1 Å². The van der Waals surface area contributed by atoms with Crippen LogP contribution in [-0.2, 0) is 28.7 Å². The summed E-state index contributed by atoms with van der Waals surface area (Å²) >= 11 is 0. The maximum absolute atomic E-state index is 13.6. The van der Waals surface area contributed by atoms with E-state index in [1.807, 2.05) is 0 Å². The van der Waals surface area contributed by atoms with E-state index in [2.05, 4.69) is 20.3 Å². The molecule has 0 aliphatic carbocycles. The zero-order chi connectivity index (χ0) is 23.9. The second-order valence-electron chi connectivity index (χ2n) is 8.16. The number of ether oxygens (including phenoxy) is 2. The van der Waals surface area contributed by atoms with E-state index in [0.29, 0.717) is 53.4 Å². The van der Waals surface area contributed by atoms with Crippen LogP contribution in [0.3, 0.4) is 0 Å². The number of nitrogens with zero attached hydrogens (tertiary/aromatic N) is 4. The Kier molecular flexibility index (Phi) is 5.72. The molecule has 1 amide bonds. The number of halogens is 3. The molecule has 5 rings (SSSR count). The van der Waals surface area contributed by atoms with Gasteiger partial charge in [0.05, 0.1) is 31.0 Å². The van der Waals surface area contributed by atoms with Crippen molar-refractivity contribution in [3.63, 3.8) is 0 Å². The molecule has 0 saturated carbocycles. The molecule has 2 aromatic heterocycles. The lowest BCUT2D eigenvalue weighted by molar-refractivity contribution is -0.138. The zero-order valence-corrected chi connectivity index (χ0v) is 18.4. The van der Waals surface area contributed by atoms with Crippen molar-refractivity contribution in [2.24, 2.45) is 0 Å². The lowest BCUT2D eigenvalue weighted by atomic mass is 9.96. The van der Waals surface area contributed by atoms with Gasteiger partial charge in [0.15, 0.2) is 0 Å². The largest absolute Gasteiger partial charge is 0.463 e. The van der Waals surface area contributed by atoms with E-state index in [0.717, 1.165) is 6.07 Å². The number of morpholine rings is 1. The van der Waals surface area contributed by atoms with Crippen molar-refractivity contribution < 1.29 is 27.4 Å². The van der Waals surface area contributed by atoms with Gasteiger partial charge in [-0.1, -0.05) is 12.1 Å². The number of nitrogens with one attached hydrogen (secondary N) is 1. The standard InChI is InChI=1S/C23H22F3N5O3/c1-13-20-16(10-18(28-13)31-7-9-33-12-19(31)32)21-27-11-14-4-2-6-17(23(24,25)26)15(14)5-3-8-34-22(29-20)30-21/h2,4,6,10H,3,5,7-9,11-12H2,1H3,(H,27,29,30). The Morgan fingerprint density at radius 1 is 1.15 bits per heavy atom. The number of hydrogen-bond donors (Lipinski definition) is 1. The minimum atomic E-state index is -4.45. The number of carbonyl (C=O) groups excluding carboxylic acids is 1. The maximum atomic E-state index is 13.6. The Bertz CT molecular complexity index is 1260. The van der Waals surface area contributed by atoms with Gasteiger partial charge in [0, 0.05) is 11.9 Å². The molecule has 3 aromatic rings. The molecule has 2 aliphatic heterocycles. The fourth-order valence-electron chi connectivity index (χ4n) is 4.30. The molecule has 4 heterocycles. The van der Waals surface area contributed by atoms with Crippen molar-refractivity contribution in [2.75, 3.05) is 36.6 Å². The predicted molar refractivity (Wildman–Crippen MR) is 118 cm³/mol. The van der Waals surface area contributed by atoms with E-state index in [1.165, 1.54) is 6.07 Å². The van der Waals surface area contributed by atoms with Crippen molar-refractivity contribution in [2.45, 2.75) is 32.5 Å². The average molecular weight is 473 g/mol. The Balaban J connectivity index is 1.59. The molecular formula is C23H22F3N5O3. The summed E-state index contributed by atoms with van der Waals surface area (Å²) in [5, 5.41) is 3.77. The molecule has 2 aliphatic rings. The number of anilines is 2. The van der Waals surface area contributed by atoms with Crippen molar-refractivity contribution in [3.8, 4) is 6.01 Å². The Labute approximate surface area is 193 Å². The minimum absolute atomic E-state index is 0.0223. The third-order valence-electron chi connectivity index (χ3n) is 5.91. The van der Waals surface area contributed by atoms with Crippen LogP contribution < -0.4 is 15.0 Å². The summed E-state index contributed by atoms with van der Waals surface area (Å²) in [7, 11) is 0. The monoisotopic (exact) mass is 473 g/mol. The van der Waals surface area contributed by atoms with Crippen LogP contribution in [-0.4, -0.2) is 47.2 Å². The zero-order valence-electron chi connectivity index (χ0n) is 18.4. The van der Waals surface area contributed by atoms with E-state index in [-0.39, 0.29) is 43.7 Å². The van der Waals surface area contributed by atoms with Gasteiger partial charge in [0.25, 0.3) is 5.91 Å². The molecule has 1 N–H and O–H groups in total. The fraction of sp³-hybridized carbons (Fsp3) is 0.391. The Hall–Kier alpha value is -3.47. The molecule has 8 nitrogen and oxygen atoms in total. The first-order valence-corrected chi connectivity index (χ1v) is 10.9. The lowest BCUT2D eigenvalue weighted by Gasteiger charge is -2.26. The van der Waals surface area contributed by atoms with Crippen molar-refractivity contribution in [1.82, 2.24) is 15.0 Å². The van der Waals surface area contributed by atoms with Gasteiger partial charge < -0.3 is 14.8 Å². The first-order chi connectivity index (χ1) is 16.3. The molecule has 0 atom stereocenters. The van der Waals surface area contributed by atoms with Crippen LogP contribution in [0.4, 0.5) is 24.8 Å². The van der Waals surface area contributed by atoms with E-state index < -0.39 is 11.7 Å². The number of alkyl halides is 3. The number of aromatic nitrogens is 3. The second kappa shape index (κ2) is 8.71. The number of aryl methyl sites for hydroxylation is 1. The van der Waals surface area contributed by atoms with E-state index in [4.69, 9.17) is 9.47 Å². The third kappa shape index (κ3) is 4.23. The number of rotatable bonds is 1. The summed E-state index contributed by atoms with van der Waals surface area (Å²) in [4.78, 5) is 27.4. The van der Waals surface area contributed by atoms with Crippen molar-refractivity contribution in [3.05, 3.63) is 46.6 Å². The molecule has 1 saturated heterocycles. The first-order valence-electron chi connectivity index (χ1n) is 10.9. The molecular weight excluding hydrogens is 451 g/mol. The smallest absolute Gasteiger partial charge is 0.416 e. The summed E-state index contributed by atoms with van der Waals surface area (Å²) in [6, 6.07) is 6.04. The van der Waals surface area contributed by atoms with Crippen LogP contribution in [0.1, 0.15) is 28.8 Å². The first kappa shape index (κ1) is 22.3. The molecule has 0 radical (unpaired) electrons. The summed E-state index contributed by atoms with van der Waals surface area (Å²) in [6.45, 7) is 2.83. The normalized spacial score (nSPS) is 16.9. The average Bonchev–Trinajstić information content (AvgIpc) is 2.83. The number of hydrogen-bond acceptors (Lipinski definition) is 7. The lowest BCUT2D eigenvalue weighted by Crippen LogP contribution is -2.42. The highest BCUT2D eigenvalue weighted by Gasteiger charge is 2.34. The Morgan fingerprint density at radius 2 is 2.00 bits per heavy atom. The molecule has 34 heavy (non-hydrogen) atoms. The Morgan fingerprint density at radius 3 is 2.79 bits per heavy atom. The number of pyridine rings is 1. The van der Waals surface area contributed by atoms with Gasteiger partial charge in [0.2, 0.25) is 0 Å². The topological polar surface area (TPSA) is 89.5 Å². The van der Waals surface area contributed by atoms with Crippen molar-refractivity contribution in [1.29, 1.82) is 0 Å². The van der Waals surface area contributed by atoms with Gasteiger partial charge in [0.1, 0.15) is 23.8 Å². The van der Waals surface area contributed by atoms with E-state index in [9.17, 15) is 18.0 Å². The van der Waals surface area contributed by atoms with Gasteiger partial charge in [-0.15, -0.1) is 0 Å². The number of carbonyl (C=O) groups is 1. The van der Waals surface area contributed by atoms with Crippen LogP contribution in [0.15, 0.2) is 24.3 Å². The summed E-state index contributed by atoms with van der Waals surface area (Å²) in [6.07, 6.45) is -3.85. The van der Waals surface area contributed by atoms with Crippen LogP contribution in [0, 0.1) is 6.92 Å². The molecule has 1 aromatic carbocycles. The minimum Gasteiger partial charge on any atom is -0.463 e. The van der Waals surface area contributed by atoms with Crippen LogP contribution in [0.25, 0.3) is 10.9 Å². The van der Waals surface area contributed by atoms with E-state index in [1.54, 1.807) is 24.0 Å². The highest BCUT2D eigenvalue weighted by molar-refractivity contribution is 5.98. The number of amides is 1. The van der Waals surface area contributed by atoms with Crippen molar-refractivity contribution >= 4 is 28.4 Å². The van der Waals surface area contributed by atoms with Gasteiger partial charge in [-0.05, 0) is 43.0 Å². The highest BCUT2D eigenvalue weighted by Crippen LogP contribution is 2.35. The predicted octanol–water partition coefficient (Wildman–Crippen LogP) is 3.65. The van der Waals surface area contributed by atoms with Gasteiger partial charge >= 0.3 is 12.2 Å². The molecule has 2 bridgehead atoms. The number of fused-ring (bicyclic) bond motifs is 5. The van der Waals surface area contributed by atoms with E-state index >= 15 is 0 Å². The SMILES string of the molecule is Cc1nc(N2CCOCC2=O)cc2c3nc(nc12)OCCCc1c(cccc1C(F)(F)F)CN3. The van der Waals surface area contributed by atoms with Gasteiger partial charge in [-0.25, -0.2) is 4.98 Å². The quantitative estimate of drug-likeness (QED) is 0.577. The fourth-order valence-corrected chi connectivity index (χ4v) is 4.30. The molecule has 1 fully saturated rings. The summed E-state index contributed by atoms with van der Waals surface area (Å²) in [5.74, 6) is 0.646. The molecule has 0 spiro atoms. The second-order valence-corrected chi connectivity index (χ2v) is 8.16. The van der Waals surface area contributed by atoms with Crippen LogP contribution in [0.5, 0.6) is 6.01 Å². The highest BCUT2D eigenvalue weighted by atomic mass is 19.4. The van der Waals surface area contributed by atoms with Crippen LogP contribution >= 0.6 is 0 Å².